The molecule has 1 aliphatic rings. The normalized spacial score (nSPS) is 14.4. The Morgan fingerprint density at radius 1 is 1.31 bits per heavy atom. The minimum Gasteiger partial charge on any atom is -0.504 e. The van der Waals surface area contributed by atoms with Crippen LogP contribution in [0.1, 0.15) is 70.8 Å². The lowest BCUT2D eigenvalue weighted by Crippen LogP contribution is -2.46. The molecule has 36 heavy (non-hydrogen) atoms. The molecule has 0 spiro atoms. The quantitative estimate of drug-likeness (QED) is 0.309. The SMILES string of the molecule is CCOCCCN(C(=O)c1snc(C(N)=O)c1N)[C@H](C(=O)NC1CCCC1)c1ccc(O)c(OC)c1. The number of aromatic hydroxyl groups is 1. The molecule has 1 heterocycles. The largest absolute Gasteiger partial charge is 0.504 e. The maximum Gasteiger partial charge on any atom is 0.270 e. The molecule has 1 aliphatic carbocycles. The van der Waals surface area contributed by atoms with Crippen molar-refractivity contribution in [2.75, 3.05) is 32.6 Å². The van der Waals surface area contributed by atoms with Gasteiger partial charge in [0.15, 0.2) is 17.2 Å². The van der Waals surface area contributed by atoms with Crippen molar-refractivity contribution in [2.45, 2.75) is 51.1 Å². The molecule has 0 unspecified atom stereocenters. The number of phenolic OH excluding ortho intramolecular Hbond substituents is 1. The molecule has 0 radical (unpaired) electrons. The lowest BCUT2D eigenvalue weighted by atomic mass is 10.0. The predicted octanol–water partition coefficient (Wildman–Crippen LogP) is 2.21. The third kappa shape index (κ3) is 6.24. The number of primary amides is 1. The van der Waals surface area contributed by atoms with Gasteiger partial charge in [0.25, 0.3) is 11.8 Å². The molecule has 1 aromatic heterocycles. The van der Waals surface area contributed by atoms with Crippen molar-refractivity contribution in [3.05, 3.63) is 34.3 Å². The molecule has 1 aromatic carbocycles. The van der Waals surface area contributed by atoms with Crippen LogP contribution in [0.3, 0.4) is 0 Å². The summed E-state index contributed by atoms with van der Waals surface area (Å²) in [5.41, 5.74) is 11.5. The standard InChI is InChI=1S/C24H33N5O6S/c1-3-35-12-6-11-29(24(33)21-18(25)19(22(26)31)28-36-21)20(23(32)27-15-7-4-5-8-15)14-9-10-16(30)17(13-14)34-2/h9-10,13,15,20,30H,3-8,11-12,25H2,1-2H3,(H2,26,31)(H,27,32)/t20-/m0/s1. The van der Waals surface area contributed by atoms with E-state index in [0.717, 1.165) is 37.2 Å². The summed E-state index contributed by atoms with van der Waals surface area (Å²) in [4.78, 5) is 40.6. The van der Waals surface area contributed by atoms with Crippen molar-refractivity contribution in [2.24, 2.45) is 5.73 Å². The minimum atomic E-state index is -1.06. The molecule has 1 fully saturated rings. The van der Waals surface area contributed by atoms with Crippen LogP contribution in [0.2, 0.25) is 0 Å². The second kappa shape index (κ2) is 12.5. The lowest BCUT2D eigenvalue weighted by molar-refractivity contribution is -0.126. The third-order valence-electron chi connectivity index (χ3n) is 6.09. The van der Waals surface area contributed by atoms with Gasteiger partial charge in [0.1, 0.15) is 10.9 Å². The number of carbonyl (C=O) groups is 3. The molecule has 3 amide bonds. The van der Waals surface area contributed by atoms with Crippen LogP contribution in [0.25, 0.3) is 0 Å². The van der Waals surface area contributed by atoms with Crippen LogP contribution >= 0.6 is 11.5 Å². The first-order chi connectivity index (χ1) is 17.3. The van der Waals surface area contributed by atoms with Crippen molar-refractivity contribution in [3.63, 3.8) is 0 Å². The Balaban J connectivity index is 2.05. The third-order valence-corrected chi connectivity index (χ3v) is 6.94. The van der Waals surface area contributed by atoms with E-state index in [1.807, 2.05) is 6.92 Å². The van der Waals surface area contributed by atoms with Gasteiger partial charge in [0.05, 0.1) is 12.8 Å². The van der Waals surface area contributed by atoms with Gasteiger partial charge in [-0.05, 0) is 55.4 Å². The van der Waals surface area contributed by atoms with Gasteiger partial charge < -0.3 is 36.3 Å². The molecule has 0 bridgehead atoms. The zero-order valence-corrected chi connectivity index (χ0v) is 21.3. The zero-order chi connectivity index (χ0) is 26.2. The van der Waals surface area contributed by atoms with E-state index in [4.69, 9.17) is 20.9 Å². The van der Waals surface area contributed by atoms with Crippen molar-refractivity contribution in [3.8, 4) is 11.5 Å². The fourth-order valence-electron chi connectivity index (χ4n) is 4.28. The number of nitrogens with one attached hydrogen (secondary N) is 1. The van der Waals surface area contributed by atoms with Crippen molar-refractivity contribution in [1.29, 1.82) is 0 Å². The van der Waals surface area contributed by atoms with E-state index in [0.29, 0.717) is 25.2 Å². The smallest absolute Gasteiger partial charge is 0.270 e. The first kappa shape index (κ1) is 27.2. The first-order valence-electron chi connectivity index (χ1n) is 11.9. The Kier molecular flexibility index (Phi) is 9.48. The van der Waals surface area contributed by atoms with E-state index in [1.165, 1.54) is 24.1 Å². The summed E-state index contributed by atoms with van der Waals surface area (Å²) < 4.78 is 14.6. The van der Waals surface area contributed by atoms with Crippen molar-refractivity contribution in [1.82, 2.24) is 14.6 Å². The van der Waals surface area contributed by atoms with Gasteiger partial charge in [0.2, 0.25) is 5.91 Å². The molecule has 1 atom stereocenters. The topological polar surface area (TPSA) is 170 Å². The number of nitrogen functional groups attached to an aromatic ring is 1. The highest BCUT2D eigenvalue weighted by molar-refractivity contribution is 7.09. The van der Waals surface area contributed by atoms with Crippen LogP contribution in [0.15, 0.2) is 18.2 Å². The van der Waals surface area contributed by atoms with Gasteiger partial charge in [-0.25, -0.2) is 0 Å². The summed E-state index contributed by atoms with van der Waals surface area (Å²) >= 11 is 0.757. The number of hydrogen-bond donors (Lipinski definition) is 4. The number of anilines is 1. The Labute approximate surface area is 213 Å². The minimum absolute atomic E-state index is 0.00863. The Morgan fingerprint density at radius 2 is 2.03 bits per heavy atom. The van der Waals surface area contributed by atoms with E-state index < -0.39 is 17.9 Å². The summed E-state index contributed by atoms with van der Waals surface area (Å²) in [6.45, 7) is 2.92. The van der Waals surface area contributed by atoms with Crippen LogP contribution < -0.4 is 21.5 Å². The van der Waals surface area contributed by atoms with Gasteiger partial charge in [-0.3, -0.25) is 14.4 Å². The molecule has 12 heteroatoms. The number of methoxy groups -OCH3 is 1. The molecular formula is C24H33N5O6S. The number of hydrogen-bond acceptors (Lipinski definition) is 9. The highest BCUT2D eigenvalue weighted by Crippen LogP contribution is 2.34. The summed E-state index contributed by atoms with van der Waals surface area (Å²) in [6, 6.07) is 3.47. The fourth-order valence-corrected chi connectivity index (χ4v) is 5.04. The van der Waals surface area contributed by atoms with E-state index in [9.17, 15) is 19.5 Å². The van der Waals surface area contributed by atoms with Gasteiger partial charge in [0, 0.05) is 25.8 Å². The van der Waals surface area contributed by atoms with Gasteiger partial charge in [-0.1, -0.05) is 18.9 Å². The monoisotopic (exact) mass is 519 g/mol. The van der Waals surface area contributed by atoms with Crippen LogP contribution in [0.5, 0.6) is 11.5 Å². The predicted molar refractivity (Wildman–Crippen MR) is 135 cm³/mol. The average molecular weight is 520 g/mol. The second-order valence-corrected chi connectivity index (χ2v) is 9.28. The van der Waals surface area contributed by atoms with Crippen LogP contribution in [0, 0.1) is 0 Å². The average Bonchev–Trinajstić information content (AvgIpc) is 3.50. The van der Waals surface area contributed by atoms with Crippen molar-refractivity contribution < 1.29 is 29.0 Å². The van der Waals surface area contributed by atoms with Crippen LogP contribution in [-0.2, 0) is 9.53 Å². The molecule has 6 N–H and O–H groups in total. The van der Waals surface area contributed by atoms with E-state index in [-0.39, 0.29) is 46.3 Å². The Bertz CT molecular complexity index is 1080. The Morgan fingerprint density at radius 3 is 2.64 bits per heavy atom. The van der Waals surface area contributed by atoms with Crippen molar-refractivity contribution >= 4 is 34.9 Å². The second-order valence-electron chi connectivity index (χ2n) is 8.51. The molecule has 3 rings (SSSR count). The molecular weight excluding hydrogens is 486 g/mol. The number of amides is 3. The van der Waals surface area contributed by atoms with Crippen LogP contribution in [0.4, 0.5) is 5.69 Å². The van der Waals surface area contributed by atoms with E-state index >= 15 is 0 Å². The number of carbonyl (C=O) groups excluding carboxylic acids is 3. The summed E-state index contributed by atoms with van der Waals surface area (Å²) in [5.74, 6) is -1.70. The number of rotatable bonds is 12. The molecule has 11 nitrogen and oxygen atoms in total. The molecule has 196 valence electrons. The maximum atomic E-state index is 13.8. The van der Waals surface area contributed by atoms with Gasteiger partial charge in [-0.2, -0.15) is 4.37 Å². The van der Waals surface area contributed by atoms with Gasteiger partial charge in [-0.15, -0.1) is 0 Å². The fraction of sp³-hybridized carbons (Fsp3) is 0.500. The summed E-state index contributed by atoms with van der Waals surface area (Å²) in [6.07, 6.45) is 4.21. The van der Waals surface area contributed by atoms with Gasteiger partial charge >= 0.3 is 0 Å². The van der Waals surface area contributed by atoms with E-state index in [2.05, 4.69) is 9.69 Å². The first-order valence-corrected chi connectivity index (χ1v) is 12.7. The summed E-state index contributed by atoms with van der Waals surface area (Å²) in [5, 5.41) is 13.2. The number of nitrogens with zero attached hydrogens (tertiary/aromatic N) is 2. The summed E-state index contributed by atoms with van der Waals surface area (Å²) in [7, 11) is 1.40. The van der Waals surface area contributed by atoms with Crippen LogP contribution in [-0.4, -0.2) is 65.0 Å². The highest BCUT2D eigenvalue weighted by Gasteiger charge is 2.36. The number of phenols is 1. The molecule has 2 aromatic rings. The number of nitrogens with two attached hydrogens (primary N) is 2. The molecule has 0 saturated heterocycles. The Hall–Kier alpha value is -3.38. The maximum absolute atomic E-state index is 13.8. The molecule has 0 aliphatic heterocycles. The number of ether oxygens (including phenoxy) is 2. The lowest BCUT2D eigenvalue weighted by Gasteiger charge is -2.32. The zero-order valence-electron chi connectivity index (χ0n) is 20.5. The number of benzene rings is 1. The van der Waals surface area contributed by atoms with E-state index in [1.54, 1.807) is 6.07 Å². The molecule has 1 saturated carbocycles. The highest BCUT2D eigenvalue weighted by atomic mass is 32.1. The number of aromatic nitrogens is 1.